The molecular formula is C20H29N4O3+. The van der Waals surface area contributed by atoms with E-state index in [1.807, 2.05) is 33.0 Å². The number of ether oxygens (including phenoxy) is 2. The van der Waals surface area contributed by atoms with E-state index >= 15 is 0 Å². The van der Waals surface area contributed by atoms with E-state index in [-0.39, 0.29) is 11.9 Å². The van der Waals surface area contributed by atoms with Gasteiger partial charge in [0.1, 0.15) is 17.5 Å². The van der Waals surface area contributed by atoms with Crippen molar-refractivity contribution in [1.82, 2.24) is 9.78 Å². The average molecular weight is 373 g/mol. The van der Waals surface area contributed by atoms with Crippen molar-refractivity contribution in [2.24, 2.45) is 7.05 Å². The zero-order valence-corrected chi connectivity index (χ0v) is 16.8. The number of likely N-dealkylation sites (tertiary alicyclic amines) is 1. The monoisotopic (exact) mass is 373 g/mol. The normalized spacial score (nSPS) is 19.1. The third kappa shape index (κ3) is 3.93. The summed E-state index contributed by atoms with van der Waals surface area (Å²) in [6, 6.07) is 6.16. The van der Waals surface area contributed by atoms with Crippen LogP contribution < -0.4 is 19.7 Å². The predicted molar refractivity (Wildman–Crippen MR) is 104 cm³/mol. The summed E-state index contributed by atoms with van der Waals surface area (Å²) in [5, 5.41) is 7.41. The second-order valence-corrected chi connectivity index (χ2v) is 7.11. The Morgan fingerprint density at radius 1 is 1.33 bits per heavy atom. The Balaban J connectivity index is 1.74. The summed E-state index contributed by atoms with van der Waals surface area (Å²) in [4.78, 5) is 14.0. The minimum absolute atomic E-state index is 0.0172. The summed E-state index contributed by atoms with van der Waals surface area (Å²) in [5.74, 6) is 1.61. The third-order valence-corrected chi connectivity index (χ3v) is 5.46. The first-order chi connectivity index (χ1) is 12.9. The fourth-order valence-electron chi connectivity index (χ4n) is 3.95. The Labute approximate surface area is 160 Å². The highest BCUT2D eigenvalue weighted by Gasteiger charge is 2.34. The topological polar surface area (TPSA) is 69.8 Å². The molecule has 0 aliphatic carbocycles. The molecule has 7 nitrogen and oxygen atoms in total. The van der Waals surface area contributed by atoms with E-state index in [2.05, 4.69) is 16.5 Å². The van der Waals surface area contributed by atoms with Gasteiger partial charge < -0.3 is 19.7 Å². The van der Waals surface area contributed by atoms with Crippen molar-refractivity contribution >= 4 is 11.6 Å². The van der Waals surface area contributed by atoms with Crippen molar-refractivity contribution in [3.63, 3.8) is 0 Å². The van der Waals surface area contributed by atoms with Crippen molar-refractivity contribution in [1.29, 1.82) is 0 Å². The number of quaternary nitrogens is 1. The molecule has 1 aromatic carbocycles. The van der Waals surface area contributed by atoms with Gasteiger partial charge in [0.2, 0.25) is 0 Å². The lowest BCUT2D eigenvalue weighted by Crippen LogP contribution is -3.11. The first kappa shape index (κ1) is 19.2. The number of methoxy groups -OCH3 is 2. The molecule has 146 valence electrons. The number of amides is 1. The van der Waals surface area contributed by atoms with Crippen LogP contribution in [0, 0.1) is 13.8 Å². The van der Waals surface area contributed by atoms with Crippen molar-refractivity contribution in [2.45, 2.75) is 32.7 Å². The van der Waals surface area contributed by atoms with E-state index in [9.17, 15) is 4.79 Å². The van der Waals surface area contributed by atoms with Crippen LogP contribution in [0.5, 0.6) is 11.5 Å². The fourth-order valence-corrected chi connectivity index (χ4v) is 3.95. The number of rotatable bonds is 6. The van der Waals surface area contributed by atoms with Gasteiger partial charge in [0.25, 0.3) is 5.91 Å². The first-order valence-electron chi connectivity index (χ1n) is 9.31. The summed E-state index contributed by atoms with van der Waals surface area (Å²) >= 11 is 0. The Bertz CT molecular complexity index is 831. The maximum atomic E-state index is 12.7. The number of nitrogens with zero attached hydrogens (tertiary/aromatic N) is 2. The second-order valence-electron chi connectivity index (χ2n) is 7.11. The van der Waals surface area contributed by atoms with Gasteiger partial charge in [0, 0.05) is 26.0 Å². The Hall–Kier alpha value is -2.54. The molecule has 0 radical (unpaired) electrons. The molecule has 1 saturated heterocycles. The smallest absolute Gasteiger partial charge is 0.279 e. The van der Waals surface area contributed by atoms with E-state index < -0.39 is 0 Å². The van der Waals surface area contributed by atoms with Crippen LogP contribution in [0.2, 0.25) is 0 Å². The van der Waals surface area contributed by atoms with E-state index in [1.165, 1.54) is 4.90 Å². The predicted octanol–water partition coefficient (Wildman–Crippen LogP) is 1.41. The minimum atomic E-state index is 0.0172. The molecule has 0 spiro atoms. The summed E-state index contributed by atoms with van der Waals surface area (Å²) in [5.41, 5.74) is 3.76. The van der Waals surface area contributed by atoms with Gasteiger partial charge in [-0.2, -0.15) is 5.10 Å². The number of benzene rings is 1. The van der Waals surface area contributed by atoms with Crippen LogP contribution in [0.25, 0.3) is 0 Å². The molecule has 0 bridgehead atoms. The molecule has 1 fully saturated rings. The van der Waals surface area contributed by atoms with Crippen molar-refractivity contribution in [3.8, 4) is 11.5 Å². The van der Waals surface area contributed by atoms with Gasteiger partial charge in [0.15, 0.2) is 6.54 Å². The summed E-state index contributed by atoms with van der Waals surface area (Å²) in [6.07, 6.45) is 2.13. The third-order valence-electron chi connectivity index (χ3n) is 5.46. The molecule has 1 unspecified atom stereocenters. The molecule has 0 saturated carbocycles. The highest BCUT2D eigenvalue weighted by Crippen LogP contribution is 2.31. The van der Waals surface area contributed by atoms with Crippen LogP contribution in [-0.4, -0.2) is 43.0 Å². The van der Waals surface area contributed by atoms with Crippen LogP contribution in [0.1, 0.15) is 35.8 Å². The summed E-state index contributed by atoms with van der Waals surface area (Å²) in [6.45, 7) is 5.27. The number of hydrogen-bond acceptors (Lipinski definition) is 4. The van der Waals surface area contributed by atoms with Gasteiger partial charge in [-0.15, -0.1) is 0 Å². The lowest BCUT2D eigenvalue weighted by Gasteiger charge is -2.23. The van der Waals surface area contributed by atoms with Crippen LogP contribution in [0.3, 0.4) is 0 Å². The highest BCUT2D eigenvalue weighted by atomic mass is 16.5. The van der Waals surface area contributed by atoms with Crippen LogP contribution >= 0.6 is 0 Å². The van der Waals surface area contributed by atoms with Gasteiger partial charge in [-0.25, -0.2) is 0 Å². The summed E-state index contributed by atoms with van der Waals surface area (Å²) in [7, 11) is 5.21. The molecule has 1 aliphatic heterocycles. The SMILES string of the molecule is COc1ccc([C@H]2CCC[NH+]2CC(=O)Nc2c(C)nn(C)c2C)c(OC)c1. The molecule has 2 atom stereocenters. The van der Waals surface area contributed by atoms with E-state index in [0.717, 1.165) is 53.5 Å². The van der Waals surface area contributed by atoms with E-state index in [1.54, 1.807) is 18.9 Å². The maximum absolute atomic E-state index is 12.7. The van der Waals surface area contributed by atoms with Crippen LogP contribution in [0.4, 0.5) is 5.69 Å². The second kappa shape index (κ2) is 8.00. The largest absolute Gasteiger partial charge is 0.497 e. The average Bonchev–Trinajstić information content (AvgIpc) is 3.20. The zero-order valence-electron chi connectivity index (χ0n) is 16.8. The molecule has 1 amide bonds. The van der Waals surface area contributed by atoms with Crippen molar-refractivity contribution < 1.29 is 19.2 Å². The quantitative estimate of drug-likeness (QED) is 0.803. The van der Waals surface area contributed by atoms with Crippen molar-refractivity contribution in [3.05, 3.63) is 35.2 Å². The zero-order chi connectivity index (χ0) is 19.6. The van der Waals surface area contributed by atoms with Crippen LogP contribution in [0.15, 0.2) is 18.2 Å². The maximum Gasteiger partial charge on any atom is 0.279 e. The molecule has 2 heterocycles. The van der Waals surface area contributed by atoms with Crippen LogP contribution in [-0.2, 0) is 11.8 Å². The molecule has 3 rings (SSSR count). The summed E-state index contributed by atoms with van der Waals surface area (Å²) < 4.78 is 12.7. The highest BCUT2D eigenvalue weighted by molar-refractivity contribution is 5.92. The van der Waals surface area contributed by atoms with E-state index in [4.69, 9.17) is 9.47 Å². The van der Waals surface area contributed by atoms with Gasteiger partial charge in [-0.1, -0.05) is 0 Å². The molecule has 2 N–H and O–H groups in total. The number of aromatic nitrogens is 2. The molecule has 2 aromatic rings. The fraction of sp³-hybridized carbons (Fsp3) is 0.500. The standard InChI is InChI=1S/C20H28N4O3/c1-13-20(14(2)23(3)22-13)21-19(25)12-24-10-6-7-17(24)16-9-8-15(26-4)11-18(16)27-5/h8-9,11,17H,6-7,10,12H2,1-5H3,(H,21,25)/p+1/t17-/m1/s1. The first-order valence-corrected chi connectivity index (χ1v) is 9.31. The molecule has 1 aromatic heterocycles. The number of carbonyl (C=O) groups excluding carboxylic acids is 1. The Morgan fingerprint density at radius 3 is 2.74 bits per heavy atom. The van der Waals surface area contributed by atoms with Gasteiger partial charge >= 0.3 is 0 Å². The molecule has 1 aliphatic rings. The number of nitrogens with one attached hydrogen (secondary N) is 2. The molecule has 27 heavy (non-hydrogen) atoms. The van der Waals surface area contributed by atoms with Gasteiger partial charge in [-0.3, -0.25) is 9.48 Å². The molecule has 7 heteroatoms. The van der Waals surface area contributed by atoms with Gasteiger partial charge in [0.05, 0.1) is 43.4 Å². The minimum Gasteiger partial charge on any atom is -0.497 e. The number of hydrogen-bond donors (Lipinski definition) is 2. The Morgan fingerprint density at radius 2 is 2.11 bits per heavy atom. The van der Waals surface area contributed by atoms with E-state index in [0.29, 0.717) is 6.54 Å². The van der Waals surface area contributed by atoms with Crippen molar-refractivity contribution in [2.75, 3.05) is 32.6 Å². The lowest BCUT2D eigenvalue weighted by molar-refractivity contribution is -0.910. The van der Waals surface area contributed by atoms with Gasteiger partial charge in [-0.05, 0) is 26.0 Å². The number of aryl methyl sites for hydroxylation is 2. The lowest BCUT2D eigenvalue weighted by atomic mass is 10.0. The number of carbonyl (C=O) groups is 1. The number of anilines is 1. The molecular weight excluding hydrogens is 344 g/mol. The Kier molecular flexibility index (Phi) is 5.70.